The highest BCUT2D eigenvalue weighted by Crippen LogP contribution is 2.43. The van der Waals surface area contributed by atoms with Crippen LogP contribution in [0.15, 0.2) is 77.5 Å². The van der Waals surface area contributed by atoms with E-state index in [1.54, 1.807) is 12.1 Å². The lowest BCUT2D eigenvalue weighted by Crippen LogP contribution is -2.47. The van der Waals surface area contributed by atoms with Gasteiger partial charge in [0, 0.05) is 81.4 Å². The van der Waals surface area contributed by atoms with Gasteiger partial charge in [0.2, 0.25) is 5.82 Å². The van der Waals surface area contributed by atoms with Gasteiger partial charge in [0.15, 0.2) is 0 Å². The van der Waals surface area contributed by atoms with E-state index < -0.39 is 31.4 Å². The number of pyridine rings is 2. The molecule has 60 heavy (non-hydrogen) atoms. The van der Waals surface area contributed by atoms with E-state index in [1.807, 2.05) is 16.9 Å². The number of piperazine rings is 1. The molecule has 0 spiro atoms. The summed E-state index contributed by atoms with van der Waals surface area (Å²) in [4.78, 5) is 37.3. The summed E-state index contributed by atoms with van der Waals surface area (Å²) in [5.41, 5.74) is 10.2. The molecule has 2 saturated heterocycles. The van der Waals surface area contributed by atoms with Crippen molar-refractivity contribution in [1.29, 1.82) is 0 Å². The van der Waals surface area contributed by atoms with Crippen molar-refractivity contribution in [1.82, 2.24) is 19.6 Å². The SMILES string of the molecule is CC1(C)CCC(CN2CCN(c3ccc(C(=O)NS(=O)(=O)c4cnc(NCC5CCOCC5)c([N+](=O)[O-])c4)c(Oc4cnc(N)c(Cl)c4)c3)CC2)=C(c2ccc(Cl)cc2)C1. The quantitative estimate of drug-likeness (QED) is 0.0870. The minimum absolute atomic E-state index is 0.0321. The molecule has 0 saturated carbocycles. The molecule has 1 amide bonds. The molecule has 0 radical (unpaired) electrons. The molecule has 4 N–H and O–H groups in total. The predicted molar refractivity (Wildman–Crippen MR) is 232 cm³/mol. The Kier molecular flexibility index (Phi) is 13.2. The summed E-state index contributed by atoms with van der Waals surface area (Å²) >= 11 is 12.5. The topological polar surface area (TPSA) is 195 Å². The number of sulfonamides is 1. The molecule has 2 aromatic carbocycles. The smallest absolute Gasteiger partial charge is 0.312 e. The zero-order chi connectivity index (χ0) is 42.6. The molecule has 2 fully saturated rings. The number of nitrogens with one attached hydrogen (secondary N) is 2. The van der Waals surface area contributed by atoms with Crippen LogP contribution in [0.5, 0.6) is 11.5 Å². The third kappa shape index (κ3) is 10.5. The molecule has 18 heteroatoms. The zero-order valence-corrected chi connectivity index (χ0v) is 35.8. The lowest BCUT2D eigenvalue weighted by atomic mass is 9.72. The molecule has 0 atom stereocenters. The Balaban J connectivity index is 1.08. The molecule has 7 rings (SSSR count). The number of anilines is 3. The molecule has 3 aliphatic rings. The standard InChI is InChI=1S/C42H48Cl2N8O7S/c1-42(2)12-9-29(35(22-42)28-3-5-30(43)6-4-28)26-50-13-15-51(16-14-50)31-7-8-34(38(19-31)59-32-20-36(44)39(45)46-24-32)41(53)49-60(56,57)33-21-37(52(54)55)40(48-25-33)47-23-27-10-17-58-18-11-27/h3-8,19-21,24-25,27H,9-18,22-23,26H2,1-2H3,(H2,45,46)(H,47,48)(H,49,53). The van der Waals surface area contributed by atoms with Crippen LogP contribution in [0.4, 0.5) is 23.0 Å². The molecular weight excluding hydrogens is 831 g/mol. The number of nitrogens with two attached hydrogens (primary N) is 1. The number of halogens is 2. The molecule has 0 unspecified atom stereocenters. The number of carbonyl (C=O) groups excluding carboxylic acids is 1. The maximum Gasteiger partial charge on any atom is 0.312 e. The van der Waals surface area contributed by atoms with Crippen molar-refractivity contribution < 1.29 is 27.6 Å². The molecule has 0 bridgehead atoms. The van der Waals surface area contributed by atoms with Gasteiger partial charge in [-0.25, -0.2) is 23.1 Å². The van der Waals surface area contributed by atoms with Crippen LogP contribution in [-0.4, -0.2) is 86.6 Å². The van der Waals surface area contributed by atoms with Gasteiger partial charge in [-0.3, -0.25) is 19.8 Å². The first kappa shape index (κ1) is 43.1. The Labute approximate surface area is 359 Å². The number of amides is 1. The van der Waals surface area contributed by atoms with Gasteiger partial charge in [-0.2, -0.15) is 0 Å². The van der Waals surface area contributed by atoms with E-state index in [4.69, 9.17) is 38.4 Å². The summed E-state index contributed by atoms with van der Waals surface area (Å²) in [6.45, 7) is 10.1. The summed E-state index contributed by atoms with van der Waals surface area (Å²) in [6.07, 6.45) is 7.04. The van der Waals surface area contributed by atoms with Gasteiger partial charge in [-0.1, -0.05) is 54.8 Å². The summed E-state index contributed by atoms with van der Waals surface area (Å²) in [5.74, 6) is -0.595. The van der Waals surface area contributed by atoms with Crippen molar-refractivity contribution in [3.8, 4) is 11.5 Å². The number of benzene rings is 2. The van der Waals surface area contributed by atoms with Crippen molar-refractivity contribution in [2.45, 2.75) is 50.8 Å². The van der Waals surface area contributed by atoms with E-state index in [1.165, 1.54) is 35.0 Å². The molecule has 4 heterocycles. The number of hydrogen-bond donors (Lipinski definition) is 3. The monoisotopic (exact) mass is 878 g/mol. The van der Waals surface area contributed by atoms with Crippen LogP contribution in [0.2, 0.25) is 10.0 Å². The predicted octanol–water partition coefficient (Wildman–Crippen LogP) is 7.81. The number of hydrogen-bond acceptors (Lipinski definition) is 13. The van der Waals surface area contributed by atoms with Gasteiger partial charge >= 0.3 is 5.69 Å². The van der Waals surface area contributed by atoms with E-state index in [-0.39, 0.29) is 45.1 Å². The lowest BCUT2D eigenvalue weighted by molar-refractivity contribution is -0.384. The average Bonchev–Trinajstić information content (AvgIpc) is 3.22. The minimum atomic E-state index is -4.64. The number of carbonyl (C=O) groups is 1. The van der Waals surface area contributed by atoms with E-state index >= 15 is 0 Å². The second kappa shape index (κ2) is 18.3. The lowest BCUT2D eigenvalue weighted by Gasteiger charge is -2.39. The van der Waals surface area contributed by atoms with E-state index in [0.717, 1.165) is 74.7 Å². The van der Waals surface area contributed by atoms with Crippen LogP contribution in [0.25, 0.3) is 5.57 Å². The maximum atomic E-state index is 13.8. The van der Waals surface area contributed by atoms with Crippen molar-refractivity contribution >= 4 is 67.7 Å². The molecule has 1 aliphatic carbocycles. The van der Waals surface area contributed by atoms with E-state index in [0.29, 0.717) is 32.8 Å². The first-order valence-electron chi connectivity index (χ1n) is 19.8. The van der Waals surface area contributed by atoms with Crippen LogP contribution in [0.1, 0.15) is 61.9 Å². The fraction of sp³-hybridized carbons (Fsp3) is 0.405. The normalized spacial score (nSPS) is 17.6. The first-order valence-corrected chi connectivity index (χ1v) is 22.1. The molecule has 2 aliphatic heterocycles. The van der Waals surface area contributed by atoms with Gasteiger partial charge in [-0.05, 0) is 78.8 Å². The van der Waals surface area contributed by atoms with Crippen molar-refractivity contribution in [2.75, 3.05) is 68.4 Å². The highest BCUT2D eigenvalue weighted by Gasteiger charge is 2.31. The highest BCUT2D eigenvalue weighted by molar-refractivity contribution is 7.90. The van der Waals surface area contributed by atoms with Gasteiger partial charge < -0.3 is 25.4 Å². The van der Waals surface area contributed by atoms with Crippen LogP contribution in [-0.2, 0) is 14.8 Å². The third-order valence-electron chi connectivity index (χ3n) is 11.3. The van der Waals surface area contributed by atoms with Crippen LogP contribution >= 0.6 is 23.2 Å². The summed E-state index contributed by atoms with van der Waals surface area (Å²) in [7, 11) is -4.64. The summed E-state index contributed by atoms with van der Waals surface area (Å²) in [6, 6.07) is 15.3. The average molecular weight is 880 g/mol. The Hall–Kier alpha value is -5.00. The number of aromatic nitrogens is 2. The number of nitro groups is 1. The van der Waals surface area contributed by atoms with Gasteiger partial charge in [0.1, 0.15) is 22.2 Å². The molecule has 15 nitrogen and oxygen atoms in total. The maximum absolute atomic E-state index is 13.8. The fourth-order valence-electron chi connectivity index (χ4n) is 7.78. The molecular formula is C42H48Cl2N8O7S. The second-order valence-electron chi connectivity index (χ2n) is 16.2. The summed E-state index contributed by atoms with van der Waals surface area (Å²) in [5, 5.41) is 15.8. The first-order chi connectivity index (χ1) is 28.6. The van der Waals surface area contributed by atoms with Crippen molar-refractivity contribution in [2.24, 2.45) is 11.3 Å². The second-order valence-corrected chi connectivity index (χ2v) is 18.7. The Bertz CT molecular complexity index is 2380. The van der Waals surface area contributed by atoms with Gasteiger partial charge in [-0.15, -0.1) is 0 Å². The number of nitrogens with zero attached hydrogens (tertiary/aromatic N) is 5. The van der Waals surface area contributed by atoms with Crippen LogP contribution in [0.3, 0.4) is 0 Å². The number of ether oxygens (including phenoxy) is 2. The third-order valence-corrected chi connectivity index (χ3v) is 13.1. The molecule has 318 valence electrons. The Morgan fingerprint density at radius 2 is 1.77 bits per heavy atom. The fourth-order valence-corrected chi connectivity index (χ4v) is 8.99. The van der Waals surface area contributed by atoms with Crippen LogP contribution < -0.4 is 25.4 Å². The Morgan fingerprint density at radius 1 is 1.03 bits per heavy atom. The van der Waals surface area contributed by atoms with Crippen LogP contribution in [0, 0.1) is 21.4 Å². The minimum Gasteiger partial charge on any atom is -0.455 e. The van der Waals surface area contributed by atoms with Gasteiger partial charge in [0.05, 0.1) is 27.9 Å². The van der Waals surface area contributed by atoms with E-state index in [9.17, 15) is 23.3 Å². The Morgan fingerprint density at radius 3 is 2.47 bits per heavy atom. The van der Waals surface area contributed by atoms with Gasteiger partial charge in [0.25, 0.3) is 15.9 Å². The van der Waals surface area contributed by atoms with Crippen molar-refractivity contribution in [3.05, 3.63) is 104 Å². The highest BCUT2D eigenvalue weighted by atomic mass is 35.5. The largest absolute Gasteiger partial charge is 0.455 e. The zero-order valence-electron chi connectivity index (χ0n) is 33.5. The number of allylic oxidation sites excluding steroid dienone is 1. The number of rotatable bonds is 13. The molecule has 2 aromatic heterocycles. The van der Waals surface area contributed by atoms with Crippen molar-refractivity contribution in [3.63, 3.8) is 0 Å². The number of nitrogen functional groups attached to an aromatic ring is 1. The van der Waals surface area contributed by atoms with E-state index in [2.05, 4.69) is 51.1 Å². The molecule has 4 aromatic rings. The summed E-state index contributed by atoms with van der Waals surface area (Å²) < 4.78 is 40.7.